The van der Waals surface area contributed by atoms with Crippen molar-refractivity contribution in [1.29, 1.82) is 0 Å². The molecule has 0 unspecified atom stereocenters. The van der Waals surface area contributed by atoms with E-state index in [1.54, 1.807) is 0 Å². The number of H-pyrrole nitrogens is 1. The molecule has 0 aromatic carbocycles. The molecule has 0 spiro atoms. The lowest BCUT2D eigenvalue weighted by atomic mass is 9.87. The van der Waals surface area contributed by atoms with Crippen LogP contribution in [-0.4, -0.2) is 47.2 Å². The topological polar surface area (TPSA) is 82.6 Å². The summed E-state index contributed by atoms with van der Waals surface area (Å²) in [5, 5.41) is 0.0531. The fourth-order valence-corrected chi connectivity index (χ4v) is 4.76. The lowest BCUT2D eigenvalue weighted by Gasteiger charge is -2.42. The second kappa shape index (κ2) is 9.29. The highest BCUT2D eigenvalue weighted by Gasteiger charge is 2.65. The third-order valence-corrected chi connectivity index (χ3v) is 10.7. The van der Waals surface area contributed by atoms with Crippen molar-refractivity contribution in [2.24, 2.45) is 5.92 Å². The SMILES string of the molecule is CC(C)[C@]12CO[C@H]([C@H](n3ccc(=O)[nH]c3=O)O1)[C@H]2O[Si](C)(C)C(C)(C)C.ClB(Cl)Cl. The highest BCUT2D eigenvalue weighted by molar-refractivity contribution is 7.54. The van der Waals surface area contributed by atoms with Gasteiger partial charge in [0.2, 0.25) is 0 Å². The van der Waals surface area contributed by atoms with E-state index in [2.05, 4.69) is 52.7 Å². The fourth-order valence-electron chi connectivity index (χ4n) is 3.43. The maximum atomic E-state index is 12.3. The summed E-state index contributed by atoms with van der Waals surface area (Å²) in [5.41, 5.74) is -1.52. The Morgan fingerprint density at radius 2 is 1.87 bits per heavy atom. The Bertz CT molecular complexity index is 854. The van der Waals surface area contributed by atoms with Crippen LogP contribution in [-0.2, 0) is 13.9 Å². The number of rotatable bonds is 4. The summed E-state index contributed by atoms with van der Waals surface area (Å²) in [5.74, 6) is 0.158. The van der Waals surface area contributed by atoms with Crippen LogP contribution in [0.5, 0.6) is 0 Å². The van der Waals surface area contributed by atoms with Gasteiger partial charge in [-0.3, -0.25) is 14.3 Å². The van der Waals surface area contributed by atoms with Crippen LogP contribution in [0.3, 0.4) is 0 Å². The average Bonchev–Trinajstić information content (AvgIpc) is 3.06. The predicted molar refractivity (Wildman–Crippen MR) is 124 cm³/mol. The van der Waals surface area contributed by atoms with Crippen molar-refractivity contribution in [2.75, 3.05) is 6.61 Å². The molecule has 0 saturated carbocycles. The van der Waals surface area contributed by atoms with Crippen molar-refractivity contribution < 1.29 is 13.9 Å². The van der Waals surface area contributed by atoms with Crippen LogP contribution in [0.2, 0.25) is 18.1 Å². The van der Waals surface area contributed by atoms with Crippen LogP contribution in [0.15, 0.2) is 21.9 Å². The van der Waals surface area contributed by atoms with Crippen LogP contribution < -0.4 is 11.2 Å². The highest BCUT2D eigenvalue weighted by atomic mass is 35.6. The molecule has 2 saturated heterocycles. The van der Waals surface area contributed by atoms with Crippen molar-refractivity contribution in [3.05, 3.63) is 33.1 Å². The van der Waals surface area contributed by atoms with Crippen LogP contribution in [0.4, 0.5) is 0 Å². The van der Waals surface area contributed by atoms with Gasteiger partial charge in [0.1, 0.15) is 17.8 Å². The smallest absolute Gasteiger partial charge is 0.408 e. The van der Waals surface area contributed by atoms with Crippen molar-refractivity contribution in [1.82, 2.24) is 9.55 Å². The number of nitrogens with one attached hydrogen (secondary N) is 1. The van der Waals surface area contributed by atoms with Crippen molar-refractivity contribution >= 4 is 47.7 Å². The minimum absolute atomic E-state index is 0.0531. The Balaban J connectivity index is 0.000000735. The average molecular weight is 500 g/mol. The highest BCUT2D eigenvalue weighted by Crippen LogP contribution is 2.52. The predicted octanol–water partition coefficient (Wildman–Crippen LogP) is 3.94. The summed E-state index contributed by atoms with van der Waals surface area (Å²) in [6.45, 7) is 15.6. The molecule has 1 N–H and O–H groups in total. The molecule has 2 bridgehead atoms. The first-order valence-corrected chi connectivity index (χ1v) is 14.0. The van der Waals surface area contributed by atoms with E-state index >= 15 is 0 Å². The molecule has 1 aromatic rings. The lowest BCUT2D eigenvalue weighted by Crippen LogP contribution is -2.53. The van der Waals surface area contributed by atoms with Crippen molar-refractivity contribution in [3.8, 4) is 0 Å². The van der Waals surface area contributed by atoms with Crippen LogP contribution in [0.25, 0.3) is 0 Å². The summed E-state index contributed by atoms with van der Waals surface area (Å²) in [4.78, 5) is 25.2. The number of nitrogens with zero attached hydrogens (tertiary/aromatic N) is 1. The van der Waals surface area contributed by atoms with Gasteiger partial charge >= 0.3 is 10.6 Å². The van der Waals surface area contributed by atoms with E-state index < -0.39 is 36.4 Å². The molecule has 0 amide bonds. The Labute approximate surface area is 193 Å². The number of hydrogen-bond donors (Lipinski definition) is 1. The van der Waals surface area contributed by atoms with Gasteiger partial charge in [0.05, 0.1) is 6.61 Å². The van der Waals surface area contributed by atoms with E-state index in [0.29, 0.717) is 6.61 Å². The van der Waals surface area contributed by atoms with Gasteiger partial charge in [0, 0.05) is 12.3 Å². The summed E-state index contributed by atoms with van der Waals surface area (Å²) in [6.07, 6.45) is 0.237. The van der Waals surface area contributed by atoms with E-state index in [0.717, 1.165) is 0 Å². The number of halogens is 3. The molecule has 2 aliphatic rings. The van der Waals surface area contributed by atoms with Gasteiger partial charge in [-0.15, -0.1) is 0 Å². The molecule has 3 heterocycles. The molecule has 3 rings (SSSR count). The molecule has 0 aliphatic carbocycles. The maximum Gasteiger partial charge on any atom is 0.450 e. The first kappa shape index (κ1) is 26.0. The summed E-state index contributed by atoms with van der Waals surface area (Å²) < 4.78 is 20.6. The van der Waals surface area contributed by atoms with E-state index in [1.807, 2.05) is 0 Å². The molecule has 2 fully saturated rings. The van der Waals surface area contributed by atoms with Crippen LogP contribution in [0, 0.1) is 5.92 Å². The van der Waals surface area contributed by atoms with Crippen molar-refractivity contribution in [2.45, 2.75) is 76.8 Å². The van der Waals surface area contributed by atoms with Crippen LogP contribution >= 0.6 is 34.4 Å². The summed E-state index contributed by atoms with van der Waals surface area (Å²) in [6, 6.07) is 1.32. The maximum absolute atomic E-state index is 12.3. The Hall–Kier alpha value is -0.288. The number of aromatic nitrogens is 2. The largest absolute Gasteiger partial charge is 0.450 e. The minimum Gasteiger partial charge on any atom is -0.408 e. The second-order valence-corrected chi connectivity index (χ2v) is 16.2. The number of hydrogen-bond acceptors (Lipinski definition) is 5. The lowest BCUT2D eigenvalue weighted by molar-refractivity contribution is -0.190. The zero-order valence-corrected chi connectivity index (χ0v) is 21.6. The fraction of sp³-hybridized carbons (Fsp3) is 0.778. The second-order valence-electron chi connectivity index (χ2n) is 9.46. The summed E-state index contributed by atoms with van der Waals surface area (Å²) >= 11 is 14.4. The first-order chi connectivity index (χ1) is 13.6. The number of ether oxygens (including phenoxy) is 2. The molecule has 7 nitrogen and oxygen atoms in total. The molecular formula is C18H30BCl3N2O5Si. The molecular weight excluding hydrogens is 469 g/mol. The quantitative estimate of drug-likeness (QED) is 0.635. The molecule has 12 heteroatoms. The Morgan fingerprint density at radius 3 is 2.33 bits per heavy atom. The zero-order valence-electron chi connectivity index (χ0n) is 18.4. The molecule has 1 aromatic heterocycles. The Kier molecular flexibility index (Phi) is 8.04. The monoisotopic (exact) mass is 498 g/mol. The van der Waals surface area contributed by atoms with Gasteiger partial charge in [0.25, 0.3) is 5.56 Å². The van der Waals surface area contributed by atoms with Gasteiger partial charge in [-0.25, -0.2) is 4.79 Å². The van der Waals surface area contributed by atoms with E-state index in [4.69, 9.17) is 48.3 Å². The third-order valence-electron chi connectivity index (χ3n) is 6.23. The number of fused-ring (bicyclic) bond motifs is 2. The third kappa shape index (κ3) is 5.19. The minimum atomic E-state index is -2.06. The van der Waals surface area contributed by atoms with E-state index in [1.165, 1.54) is 16.8 Å². The van der Waals surface area contributed by atoms with Gasteiger partial charge in [-0.2, -0.15) is 34.4 Å². The van der Waals surface area contributed by atoms with E-state index in [-0.39, 0.29) is 23.2 Å². The van der Waals surface area contributed by atoms with Gasteiger partial charge in [0.15, 0.2) is 14.5 Å². The summed E-state index contributed by atoms with van der Waals surface area (Å²) in [7, 11) is -2.06. The zero-order chi connectivity index (χ0) is 23.1. The molecule has 0 radical (unpaired) electrons. The van der Waals surface area contributed by atoms with E-state index in [9.17, 15) is 9.59 Å². The van der Waals surface area contributed by atoms with Crippen LogP contribution in [0.1, 0.15) is 40.8 Å². The molecule has 30 heavy (non-hydrogen) atoms. The number of aromatic amines is 1. The van der Waals surface area contributed by atoms with Crippen molar-refractivity contribution in [3.63, 3.8) is 0 Å². The van der Waals surface area contributed by atoms with Gasteiger partial charge in [-0.05, 0) is 24.1 Å². The molecule has 2 aliphatic heterocycles. The molecule has 170 valence electrons. The Morgan fingerprint density at radius 1 is 1.30 bits per heavy atom. The first-order valence-electron chi connectivity index (χ1n) is 9.83. The standard InChI is InChI=1S/C18H30N2O5Si.BCl3/c1-11(2)18-10-23-13(14(18)25-26(6,7)17(3,4)5)15(24-18)20-9-8-12(21)19-16(20)22;2-1(3)4/h8-9,11,13-15H,10H2,1-7H3,(H,19,21,22);/t13-,14+,15+,18-;/m0./s1. The van der Waals surface area contributed by atoms with Gasteiger partial charge in [-0.1, -0.05) is 34.6 Å². The molecule has 4 atom stereocenters. The normalized spacial score (nSPS) is 28.4. The van der Waals surface area contributed by atoms with Gasteiger partial charge < -0.3 is 13.9 Å².